The summed E-state index contributed by atoms with van der Waals surface area (Å²) < 4.78 is 7.36. The summed E-state index contributed by atoms with van der Waals surface area (Å²) in [5.41, 5.74) is 3.15. The van der Waals surface area contributed by atoms with Crippen LogP contribution in [0, 0.1) is 0 Å². The standard InChI is InChI=1S/C17H19N5O2/c1-18-16-15-8-19-10-22(15)14-7-11(4-5-13(14)21-16)17(23)20-12-3-2-6-24-9-12/h4-5,7-8,10,12H,2-3,6,9H2,1H3,(H,18,21)(H,20,23)/t12-/m1/s1. The second-order valence-corrected chi connectivity index (χ2v) is 5.95. The van der Waals surface area contributed by atoms with Crippen LogP contribution in [0.2, 0.25) is 0 Å². The molecule has 1 fully saturated rings. The topological polar surface area (TPSA) is 80.5 Å². The van der Waals surface area contributed by atoms with E-state index in [2.05, 4.69) is 20.6 Å². The summed E-state index contributed by atoms with van der Waals surface area (Å²) in [7, 11) is 1.83. The maximum atomic E-state index is 12.5. The van der Waals surface area contributed by atoms with Crippen molar-refractivity contribution < 1.29 is 9.53 Å². The largest absolute Gasteiger partial charge is 0.379 e. The Morgan fingerprint density at radius 3 is 3.08 bits per heavy atom. The van der Waals surface area contributed by atoms with Gasteiger partial charge in [-0.15, -0.1) is 0 Å². The Labute approximate surface area is 139 Å². The van der Waals surface area contributed by atoms with Crippen LogP contribution in [-0.4, -0.2) is 46.6 Å². The average Bonchev–Trinajstić information content (AvgIpc) is 3.11. The first-order valence-electron chi connectivity index (χ1n) is 8.08. The lowest BCUT2D eigenvalue weighted by Gasteiger charge is -2.23. The van der Waals surface area contributed by atoms with Gasteiger partial charge < -0.3 is 15.4 Å². The van der Waals surface area contributed by atoms with Crippen molar-refractivity contribution in [2.45, 2.75) is 18.9 Å². The van der Waals surface area contributed by atoms with Crippen molar-refractivity contribution in [3.05, 3.63) is 36.3 Å². The molecule has 2 N–H and O–H groups in total. The molecule has 0 radical (unpaired) electrons. The maximum Gasteiger partial charge on any atom is 0.251 e. The molecule has 3 aromatic rings. The Balaban J connectivity index is 1.71. The van der Waals surface area contributed by atoms with Gasteiger partial charge in [-0.2, -0.15) is 0 Å². The minimum Gasteiger partial charge on any atom is -0.379 e. The van der Waals surface area contributed by atoms with Crippen molar-refractivity contribution in [3.8, 4) is 0 Å². The lowest BCUT2D eigenvalue weighted by molar-refractivity contribution is 0.0624. The van der Waals surface area contributed by atoms with Gasteiger partial charge in [0.25, 0.3) is 5.91 Å². The summed E-state index contributed by atoms with van der Waals surface area (Å²) in [6.07, 6.45) is 5.43. The Kier molecular flexibility index (Phi) is 3.78. The predicted molar refractivity (Wildman–Crippen MR) is 91.3 cm³/mol. The number of aromatic nitrogens is 3. The van der Waals surface area contributed by atoms with Gasteiger partial charge in [-0.05, 0) is 31.0 Å². The number of carbonyl (C=O) groups is 1. The zero-order valence-electron chi connectivity index (χ0n) is 13.5. The van der Waals surface area contributed by atoms with E-state index >= 15 is 0 Å². The van der Waals surface area contributed by atoms with E-state index in [0.717, 1.165) is 41.8 Å². The van der Waals surface area contributed by atoms with Crippen LogP contribution in [0.3, 0.4) is 0 Å². The fourth-order valence-corrected chi connectivity index (χ4v) is 3.10. The van der Waals surface area contributed by atoms with E-state index in [4.69, 9.17) is 4.74 Å². The second kappa shape index (κ2) is 6.09. The van der Waals surface area contributed by atoms with E-state index < -0.39 is 0 Å². The number of benzene rings is 1. The van der Waals surface area contributed by atoms with Crippen LogP contribution in [0.25, 0.3) is 16.6 Å². The highest BCUT2D eigenvalue weighted by Crippen LogP contribution is 2.22. The van der Waals surface area contributed by atoms with Crippen LogP contribution in [0.15, 0.2) is 30.7 Å². The quantitative estimate of drug-likeness (QED) is 0.768. The number of fused-ring (bicyclic) bond motifs is 3. The molecule has 0 unspecified atom stereocenters. The van der Waals surface area contributed by atoms with Crippen LogP contribution >= 0.6 is 0 Å². The summed E-state index contributed by atoms with van der Waals surface area (Å²) in [6.45, 7) is 1.36. The molecule has 0 bridgehead atoms. The molecule has 4 rings (SSSR count). The van der Waals surface area contributed by atoms with E-state index in [1.165, 1.54) is 0 Å². The van der Waals surface area contributed by atoms with Gasteiger partial charge in [0.05, 0.1) is 36.2 Å². The molecule has 0 aliphatic carbocycles. The summed E-state index contributed by atoms with van der Waals surface area (Å²) in [5.74, 6) is 0.676. The fraction of sp³-hybridized carbons (Fsp3) is 0.353. The monoisotopic (exact) mass is 325 g/mol. The number of amides is 1. The first kappa shape index (κ1) is 14.9. The third-order valence-corrected chi connectivity index (χ3v) is 4.34. The van der Waals surface area contributed by atoms with E-state index in [0.29, 0.717) is 12.2 Å². The van der Waals surface area contributed by atoms with Crippen molar-refractivity contribution in [1.29, 1.82) is 0 Å². The van der Waals surface area contributed by atoms with Crippen molar-refractivity contribution in [2.75, 3.05) is 25.6 Å². The fourth-order valence-electron chi connectivity index (χ4n) is 3.10. The van der Waals surface area contributed by atoms with Crippen LogP contribution in [0.5, 0.6) is 0 Å². The highest BCUT2D eigenvalue weighted by atomic mass is 16.5. The van der Waals surface area contributed by atoms with Crippen LogP contribution in [0.1, 0.15) is 23.2 Å². The van der Waals surface area contributed by atoms with Gasteiger partial charge in [0, 0.05) is 19.2 Å². The Bertz CT molecular complexity index is 899. The molecule has 1 saturated heterocycles. The number of imidazole rings is 1. The molecule has 0 saturated carbocycles. The van der Waals surface area contributed by atoms with Crippen molar-refractivity contribution >= 4 is 28.3 Å². The SMILES string of the molecule is CNc1nc2ccc(C(=O)N[C@@H]3CCCOC3)cc2n2cncc12. The van der Waals surface area contributed by atoms with Gasteiger partial charge in [-0.3, -0.25) is 9.20 Å². The first-order valence-corrected chi connectivity index (χ1v) is 8.08. The molecule has 1 amide bonds. The second-order valence-electron chi connectivity index (χ2n) is 5.95. The maximum absolute atomic E-state index is 12.5. The molecule has 7 nitrogen and oxygen atoms in total. The number of ether oxygens (including phenoxy) is 1. The zero-order valence-corrected chi connectivity index (χ0v) is 13.5. The first-order chi connectivity index (χ1) is 11.8. The van der Waals surface area contributed by atoms with Gasteiger partial charge in [-0.25, -0.2) is 9.97 Å². The van der Waals surface area contributed by atoms with E-state index in [1.807, 2.05) is 23.6 Å². The third-order valence-electron chi connectivity index (χ3n) is 4.34. The van der Waals surface area contributed by atoms with Gasteiger partial charge >= 0.3 is 0 Å². The predicted octanol–water partition coefficient (Wildman–Crippen LogP) is 1.83. The number of rotatable bonds is 3. The molecule has 24 heavy (non-hydrogen) atoms. The Morgan fingerprint density at radius 1 is 1.38 bits per heavy atom. The number of nitrogens with zero attached hydrogens (tertiary/aromatic N) is 3. The molecule has 1 aliphatic heterocycles. The summed E-state index contributed by atoms with van der Waals surface area (Å²) in [4.78, 5) is 21.3. The third kappa shape index (κ3) is 2.56. The number of anilines is 1. The van der Waals surface area contributed by atoms with E-state index in [1.54, 1.807) is 18.6 Å². The summed E-state index contributed by atoms with van der Waals surface area (Å²) >= 11 is 0. The Hall–Kier alpha value is -2.67. The highest BCUT2D eigenvalue weighted by molar-refractivity contribution is 5.98. The number of carbonyl (C=O) groups excluding carboxylic acids is 1. The lowest BCUT2D eigenvalue weighted by atomic mass is 10.1. The molecule has 1 aliphatic rings. The molecular weight excluding hydrogens is 306 g/mol. The van der Waals surface area contributed by atoms with Crippen molar-refractivity contribution in [1.82, 2.24) is 19.7 Å². The molecule has 0 spiro atoms. The minimum absolute atomic E-state index is 0.0833. The van der Waals surface area contributed by atoms with Gasteiger partial charge in [-0.1, -0.05) is 0 Å². The molecule has 3 heterocycles. The van der Waals surface area contributed by atoms with Gasteiger partial charge in [0.15, 0.2) is 5.82 Å². The Morgan fingerprint density at radius 2 is 2.29 bits per heavy atom. The molecule has 1 aromatic carbocycles. The summed E-state index contributed by atoms with van der Waals surface area (Å²) in [5, 5.41) is 6.12. The molecule has 7 heteroatoms. The number of hydrogen-bond acceptors (Lipinski definition) is 5. The highest BCUT2D eigenvalue weighted by Gasteiger charge is 2.18. The molecule has 1 atom stereocenters. The molecular formula is C17H19N5O2. The number of nitrogens with one attached hydrogen (secondary N) is 2. The van der Waals surface area contributed by atoms with Crippen molar-refractivity contribution in [3.63, 3.8) is 0 Å². The van der Waals surface area contributed by atoms with Crippen LogP contribution < -0.4 is 10.6 Å². The van der Waals surface area contributed by atoms with E-state index in [9.17, 15) is 4.79 Å². The van der Waals surface area contributed by atoms with Crippen LogP contribution in [-0.2, 0) is 4.74 Å². The minimum atomic E-state index is -0.0849. The smallest absolute Gasteiger partial charge is 0.251 e. The molecule has 2 aromatic heterocycles. The van der Waals surface area contributed by atoms with Gasteiger partial charge in [0.2, 0.25) is 0 Å². The summed E-state index contributed by atoms with van der Waals surface area (Å²) in [6, 6.07) is 5.61. The number of hydrogen-bond donors (Lipinski definition) is 2. The normalized spacial score (nSPS) is 18.0. The van der Waals surface area contributed by atoms with E-state index in [-0.39, 0.29) is 11.9 Å². The lowest BCUT2D eigenvalue weighted by Crippen LogP contribution is -2.40. The zero-order chi connectivity index (χ0) is 16.5. The van der Waals surface area contributed by atoms with Gasteiger partial charge in [0.1, 0.15) is 5.52 Å². The average molecular weight is 325 g/mol. The van der Waals surface area contributed by atoms with Crippen molar-refractivity contribution in [2.24, 2.45) is 0 Å². The van der Waals surface area contributed by atoms with Crippen LogP contribution in [0.4, 0.5) is 5.82 Å². The molecule has 124 valence electrons.